The van der Waals surface area contributed by atoms with Gasteiger partial charge in [0.2, 0.25) is 21.8 Å². The van der Waals surface area contributed by atoms with Gasteiger partial charge in [0.1, 0.15) is 11.8 Å². The number of hydrogen-bond acceptors (Lipinski definition) is 5. The molecule has 3 rings (SSSR count). The fourth-order valence-corrected chi connectivity index (χ4v) is 6.20. The van der Waals surface area contributed by atoms with Crippen molar-refractivity contribution in [2.45, 2.75) is 77.4 Å². The summed E-state index contributed by atoms with van der Waals surface area (Å²) < 4.78 is 31.6. The molecule has 0 aliphatic heterocycles. The molecule has 1 aliphatic carbocycles. The number of amides is 2. The van der Waals surface area contributed by atoms with Crippen molar-refractivity contribution in [3.05, 3.63) is 58.6 Å². The average molecular weight is 578 g/mol. The van der Waals surface area contributed by atoms with Crippen LogP contribution in [0.4, 0.5) is 5.69 Å². The number of hydrogen-bond donors (Lipinski definition) is 1. The molecule has 1 aliphatic rings. The number of nitrogens with one attached hydrogen (secondary N) is 1. The highest BCUT2D eigenvalue weighted by atomic mass is 35.5. The van der Waals surface area contributed by atoms with Crippen LogP contribution in [0.25, 0.3) is 0 Å². The van der Waals surface area contributed by atoms with E-state index >= 15 is 0 Å². The van der Waals surface area contributed by atoms with E-state index in [9.17, 15) is 18.0 Å². The predicted octanol–water partition coefficient (Wildman–Crippen LogP) is 5.07. The van der Waals surface area contributed by atoms with Gasteiger partial charge >= 0.3 is 0 Å². The summed E-state index contributed by atoms with van der Waals surface area (Å²) in [6.07, 6.45) is 6.10. The summed E-state index contributed by atoms with van der Waals surface area (Å²) in [5.74, 6) is 0.123. The highest BCUT2D eigenvalue weighted by Gasteiger charge is 2.30. The first-order chi connectivity index (χ1) is 18.5. The van der Waals surface area contributed by atoms with E-state index in [-0.39, 0.29) is 37.2 Å². The Hall–Kier alpha value is -2.78. The van der Waals surface area contributed by atoms with E-state index in [4.69, 9.17) is 16.3 Å². The van der Waals surface area contributed by atoms with Crippen LogP contribution in [0.5, 0.6) is 5.75 Å². The second-order valence-electron chi connectivity index (χ2n) is 10.2. The number of rotatable bonds is 13. The molecule has 1 fully saturated rings. The molecule has 0 saturated heterocycles. The molecule has 0 heterocycles. The van der Waals surface area contributed by atoms with Gasteiger partial charge in [0, 0.05) is 25.6 Å². The van der Waals surface area contributed by atoms with E-state index in [2.05, 4.69) is 5.32 Å². The van der Waals surface area contributed by atoms with E-state index in [1.807, 2.05) is 38.1 Å². The van der Waals surface area contributed by atoms with E-state index in [1.165, 1.54) is 17.5 Å². The minimum absolute atomic E-state index is 0.0922. The lowest BCUT2D eigenvalue weighted by atomic mass is 10.1. The summed E-state index contributed by atoms with van der Waals surface area (Å²) in [7, 11) is -2.14. The van der Waals surface area contributed by atoms with Crippen LogP contribution < -0.4 is 14.4 Å². The number of carbonyl (C=O) groups excluding carboxylic acids is 2. The zero-order chi connectivity index (χ0) is 28.6. The van der Waals surface area contributed by atoms with Gasteiger partial charge < -0.3 is 15.0 Å². The maximum atomic E-state index is 13.6. The third-order valence-corrected chi connectivity index (χ3v) is 8.63. The number of carbonyl (C=O) groups is 2. The van der Waals surface area contributed by atoms with Crippen LogP contribution in [-0.2, 0) is 26.2 Å². The first-order valence-corrected chi connectivity index (χ1v) is 15.7. The topological polar surface area (TPSA) is 96.0 Å². The van der Waals surface area contributed by atoms with Crippen LogP contribution >= 0.6 is 11.6 Å². The highest BCUT2D eigenvalue weighted by molar-refractivity contribution is 7.92. The van der Waals surface area contributed by atoms with Gasteiger partial charge in [0.25, 0.3) is 0 Å². The van der Waals surface area contributed by atoms with Crippen LogP contribution in [0, 0.1) is 6.92 Å². The molecule has 1 atom stereocenters. The largest absolute Gasteiger partial charge is 0.495 e. The molecular formula is C29H40ClN3O5S. The van der Waals surface area contributed by atoms with Crippen molar-refractivity contribution < 1.29 is 22.7 Å². The average Bonchev–Trinajstić information content (AvgIpc) is 3.39. The number of sulfonamides is 1. The van der Waals surface area contributed by atoms with Gasteiger partial charge in [-0.05, 0) is 56.4 Å². The molecule has 8 nitrogen and oxygen atoms in total. The number of halogens is 1. The van der Waals surface area contributed by atoms with Gasteiger partial charge in [-0.15, -0.1) is 0 Å². The number of ether oxygens (including phenoxy) is 1. The third-order valence-electron chi connectivity index (χ3n) is 7.14. The minimum atomic E-state index is -3.63. The maximum absolute atomic E-state index is 13.6. The summed E-state index contributed by atoms with van der Waals surface area (Å²) in [4.78, 5) is 28.5. The van der Waals surface area contributed by atoms with E-state index in [1.54, 1.807) is 17.0 Å². The molecule has 0 unspecified atom stereocenters. The van der Waals surface area contributed by atoms with Gasteiger partial charge in [-0.3, -0.25) is 13.9 Å². The van der Waals surface area contributed by atoms with Gasteiger partial charge in [-0.2, -0.15) is 0 Å². The van der Waals surface area contributed by atoms with Gasteiger partial charge in [0.05, 0.1) is 24.1 Å². The number of methoxy groups -OCH3 is 1. The molecule has 0 spiro atoms. The first-order valence-electron chi connectivity index (χ1n) is 13.5. The summed E-state index contributed by atoms with van der Waals surface area (Å²) in [5.41, 5.74) is 2.45. The molecule has 0 bridgehead atoms. The zero-order valence-electron chi connectivity index (χ0n) is 23.3. The maximum Gasteiger partial charge on any atom is 0.243 e. The molecule has 1 N–H and O–H groups in total. The summed E-state index contributed by atoms with van der Waals surface area (Å²) in [6, 6.07) is 12.2. The molecule has 1 saturated carbocycles. The van der Waals surface area contributed by atoms with Gasteiger partial charge in [-0.25, -0.2) is 8.42 Å². The molecule has 0 aromatic heterocycles. The van der Waals surface area contributed by atoms with Crippen molar-refractivity contribution >= 4 is 39.1 Å². The van der Waals surface area contributed by atoms with Crippen LogP contribution in [0.1, 0.15) is 63.0 Å². The lowest BCUT2D eigenvalue weighted by Crippen LogP contribution is -2.51. The molecule has 2 aromatic carbocycles. The summed E-state index contributed by atoms with van der Waals surface area (Å²) in [6.45, 7) is 4.31. The number of benzene rings is 2. The Labute approximate surface area is 237 Å². The van der Waals surface area contributed by atoms with Crippen molar-refractivity contribution in [1.82, 2.24) is 10.2 Å². The lowest BCUT2D eigenvalue weighted by Gasteiger charge is -2.32. The molecule has 10 heteroatoms. The second-order valence-corrected chi connectivity index (χ2v) is 12.5. The standard InChI is InChI=1S/C29H40ClN3O5S/c1-5-26(29(35)31-23-9-6-7-10-23)32(20-22-14-12-21(2)13-15-22)28(34)11-8-18-33(39(4,36)37)24-16-17-27(38-3)25(30)19-24/h12-17,19,23,26H,5-11,18,20H2,1-4H3,(H,31,35)/t26-/m1/s1. The van der Waals surface area contributed by atoms with Crippen LogP contribution in [0.2, 0.25) is 5.02 Å². The zero-order valence-corrected chi connectivity index (χ0v) is 24.9. The fourth-order valence-electron chi connectivity index (χ4n) is 4.99. The Morgan fingerprint density at radius 3 is 2.36 bits per heavy atom. The Balaban J connectivity index is 1.76. The first kappa shape index (κ1) is 30.8. The smallest absolute Gasteiger partial charge is 0.243 e. The quantitative estimate of drug-likeness (QED) is 0.358. The van der Waals surface area contributed by atoms with Gasteiger partial charge in [0.15, 0.2) is 0 Å². The lowest BCUT2D eigenvalue weighted by molar-refractivity contribution is -0.141. The third kappa shape index (κ3) is 8.60. The van der Waals surface area contributed by atoms with Crippen molar-refractivity contribution in [3.63, 3.8) is 0 Å². The van der Waals surface area contributed by atoms with Crippen LogP contribution in [-0.4, -0.2) is 57.1 Å². The Morgan fingerprint density at radius 1 is 1.13 bits per heavy atom. The van der Waals surface area contributed by atoms with Gasteiger partial charge in [-0.1, -0.05) is 61.2 Å². The summed E-state index contributed by atoms with van der Waals surface area (Å²) >= 11 is 6.23. The molecule has 2 amide bonds. The van der Waals surface area contributed by atoms with Crippen molar-refractivity contribution in [1.29, 1.82) is 0 Å². The van der Waals surface area contributed by atoms with Crippen LogP contribution in [0.3, 0.4) is 0 Å². The van der Waals surface area contributed by atoms with Crippen LogP contribution in [0.15, 0.2) is 42.5 Å². The second kappa shape index (κ2) is 14.0. The number of anilines is 1. The Morgan fingerprint density at radius 2 is 1.79 bits per heavy atom. The SMILES string of the molecule is CC[C@H](C(=O)NC1CCCC1)N(Cc1ccc(C)cc1)C(=O)CCCN(c1ccc(OC)c(Cl)c1)S(C)(=O)=O. The summed E-state index contributed by atoms with van der Waals surface area (Å²) in [5, 5.41) is 3.44. The highest BCUT2D eigenvalue weighted by Crippen LogP contribution is 2.30. The normalized spacial score (nSPS) is 14.6. The Kier molecular flexibility index (Phi) is 11.1. The van der Waals surface area contributed by atoms with E-state index in [0.29, 0.717) is 29.4 Å². The van der Waals surface area contributed by atoms with Crippen molar-refractivity contribution in [3.8, 4) is 5.75 Å². The molecule has 0 radical (unpaired) electrons. The number of aryl methyl sites for hydroxylation is 1. The molecule has 2 aromatic rings. The Bertz CT molecular complexity index is 1230. The molecule has 214 valence electrons. The van der Waals surface area contributed by atoms with Crippen molar-refractivity contribution in [2.24, 2.45) is 0 Å². The molecular weight excluding hydrogens is 538 g/mol. The van der Waals surface area contributed by atoms with Crippen molar-refractivity contribution in [2.75, 3.05) is 24.2 Å². The molecule has 39 heavy (non-hydrogen) atoms. The monoisotopic (exact) mass is 577 g/mol. The minimum Gasteiger partial charge on any atom is -0.495 e. The fraction of sp³-hybridized carbons (Fsp3) is 0.517. The van der Waals surface area contributed by atoms with E-state index in [0.717, 1.165) is 43.1 Å². The number of nitrogens with zero attached hydrogens (tertiary/aromatic N) is 2. The van der Waals surface area contributed by atoms with E-state index < -0.39 is 16.1 Å². The predicted molar refractivity (Wildman–Crippen MR) is 156 cm³/mol.